The van der Waals surface area contributed by atoms with Gasteiger partial charge in [-0.2, -0.15) is 0 Å². The zero-order valence-electron chi connectivity index (χ0n) is 19.0. The number of cyclic esters (lactones) is 1. The van der Waals surface area contributed by atoms with Crippen LogP contribution in [-0.4, -0.2) is 44.6 Å². The number of halogens is 1. The van der Waals surface area contributed by atoms with Crippen molar-refractivity contribution in [3.63, 3.8) is 0 Å². The molecule has 0 saturated carbocycles. The van der Waals surface area contributed by atoms with Gasteiger partial charge in [0.1, 0.15) is 11.9 Å². The largest absolute Gasteiger partial charge is 0.442 e. The Bertz CT molecular complexity index is 1330. The third kappa shape index (κ3) is 6.21. The number of nitrogens with zero attached hydrogens (tertiary/aromatic N) is 2. The summed E-state index contributed by atoms with van der Waals surface area (Å²) >= 11 is 0. The molecular formula is C25H24FN3O5S. The number of sulfone groups is 1. The van der Waals surface area contributed by atoms with Crippen molar-refractivity contribution in [1.29, 1.82) is 0 Å². The van der Waals surface area contributed by atoms with Crippen molar-refractivity contribution in [3.8, 4) is 11.1 Å². The summed E-state index contributed by atoms with van der Waals surface area (Å²) in [6, 6.07) is 14.4. The molecule has 1 atom stereocenters. The average molecular weight is 498 g/mol. The van der Waals surface area contributed by atoms with Crippen LogP contribution >= 0.6 is 0 Å². The Morgan fingerprint density at radius 1 is 1.09 bits per heavy atom. The van der Waals surface area contributed by atoms with E-state index < -0.39 is 27.9 Å². The summed E-state index contributed by atoms with van der Waals surface area (Å²) in [7, 11) is -3.38. The van der Waals surface area contributed by atoms with Gasteiger partial charge in [-0.05, 0) is 47.0 Å². The number of amides is 2. The molecule has 8 nitrogen and oxygen atoms in total. The van der Waals surface area contributed by atoms with Crippen LogP contribution in [0.4, 0.5) is 14.9 Å². The highest BCUT2D eigenvalue weighted by molar-refractivity contribution is 7.89. The minimum Gasteiger partial charge on any atom is -0.442 e. The predicted octanol–water partition coefficient (Wildman–Crippen LogP) is 3.46. The van der Waals surface area contributed by atoms with Gasteiger partial charge in [-0.15, -0.1) is 0 Å². The molecule has 1 aliphatic rings. The van der Waals surface area contributed by atoms with Crippen molar-refractivity contribution in [3.05, 3.63) is 83.9 Å². The molecule has 10 heteroatoms. The summed E-state index contributed by atoms with van der Waals surface area (Å²) in [4.78, 5) is 28.5. The van der Waals surface area contributed by atoms with Crippen LogP contribution in [0, 0.1) is 5.82 Å². The first-order valence-electron chi connectivity index (χ1n) is 10.9. The van der Waals surface area contributed by atoms with E-state index in [2.05, 4.69) is 10.3 Å². The van der Waals surface area contributed by atoms with Crippen molar-refractivity contribution in [2.75, 3.05) is 18.0 Å². The Labute approximate surface area is 202 Å². The molecule has 3 aromatic rings. The monoisotopic (exact) mass is 497 g/mol. The molecule has 0 spiro atoms. The summed E-state index contributed by atoms with van der Waals surface area (Å²) in [6.07, 6.45) is 1.98. The maximum atomic E-state index is 14.9. The molecule has 1 fully saturated rings. The van der Waals surface area contributed by atoms with Crippen molar-refractivity contribution in [2.45, 2.75) is 24.5 Å². The number of carbonyl (C=O) groups excluding carboxylic acids is 2. The number of benzene rings is 2. The van der Waals surface area contributed by atoms with Crippen LogP contribution in [0.2, 0.25) is 0 Å². The van der Waals surface area contributed by atoms with Gasteiger partial charge in [0.2, 0.25) is 5.91 Å². The first-order chi connectivity index (χ1) is 16.7. The molecular weight excluding hydrogens is 473 g/mol. The zero-order chi connectivity index (χ0) is 25.0. The molecule has 0 radical (unpaired) electrons. The number of rotatable bonds is 8. The molecule has 2 amide bonds. The lowest BCUT2D eigenvalue weighted by Crippen LogP contribution is -2.33. The highest BCUT2D eigenvalue weighted by Gasteiger charge is 2.32. The molecule has 0 unspecified atom stereocenters. The van der Waals surface area contributed by atoms with Crippen LogP contribution in [0.5, 0.6) is 0 Å². The Balaban J connectivity index is 1.43. The summed E-state index contributed by atoms with van der Waals surface area (Å²) in [5, 5.41) is 2.60. The van der Waals surface area contributed by atoms with Gasteiger partial charge in [0.05, 0.1) is 30.3 Å². The fourth-order valence-electron chi connectivity index (χ4n) is 3.82. The number of pyridine rings is 1. The zero-order valence-corrected chi connectivity index (χ0v) is 19.8. The maximum Gasteiger partial charge on any atom is 0.414 e. The van der Waals surface area contributed by atoms with Gasteiger partial charge in [0.15, 0.2) is 9.84 Å². The second-order valence-corrected chi connectivity index (χ2v) is 10.4. The second-order valence-electron chi connectivity index (χ2n) is 8.30. The maximum absolute atomic E-state index is 14.9. The van der Waals surface area contributed by atoms with E-state index in [-0.39, 0.29) is 30.5 Å². The van der Waals surface area contributed by atoms with E-state index in [1.165, 1.54) is 17.9 Å². The molecule has 2 heterocycles. The predicted molar refractivity (Wildman–Crippen MR) is 129 cm³/mol. The quantitative estimate of drug-likeness (QED) is 0.511. The van der Waals surface area contributed by atoms with E-state index in [9.17, 15) is 22.4 Å². The molecule has 35 heavy (non-hydrogen) atoms. The summed E-state index contributed by atoms with van der Waals surface area (Å²) in [6.45, 7) is 1.75. The molecule has 4 rings (SSSR count). The van der Waals surface area contributed by atoms with Crippen LogP contribution < -0.4 is 10.2 Å². The van der Waals surface area contributed by atoms with Crippen molar-refractivity contribution in [2.24, 2.45) is 0 Å². The van der Waals surface area contributed by atoms with Gasteiger partial charge in [0, 0.05) is 24.9 Å². The fraction of sp³-hybridized carbons (Fsp3) is 0.240. The van der Waals surface area contributed by atoms with Crippen LogP contribution in [0.25, 0.3) is 11.1 Å². The number of carbonyl (C=O) groups is 2. The lowest BCUT2D eigenvalue weighted by atomic mass is 10.0. The van der Waals surface area contributed by atoms with Crippen LogP contribution in [0.15, 0.2) is 67.0 Å². The third-order valence-corrected chi connectivity index (χ3v) is 7.05. The van der Waals surface area contributed by atoms with Crippen molar-refractivity contribution >= 4 is 27.5 Å². The topological polar surface area (TPSA) is 106 Å². The van der Waals surface area contributed by atoms with Gasteiger partial charge in [-0.3, -0.25) is 14.7 Å². The first-order valence-corrected chi connectivity index (χ1v) is 12.7. The van der Waals surface area contributed by atoms with Crippen LogP contribution in [-0.2, 0) is 30.9 Å². The Morgan fingerprint density at radius 3 is 2.37 bits per heavy atom. The Hall–Kier alpha value is -3.79. The first kappa shape index (κ1) is 24.3. The fourth-order valence-corrected chi connectivity index (χ4v) is 5.32. The van der Waals surface area contributed by atoms with E-state index in [0.29, 0.717) is 27.9 Å². The van der Waals surface area contributed by atoms with E-state index in [0.717, 1.165) is 0 Å². The van der Waals surface area contributed by atoms with E-state index in [1.54, 1.807) is 60.9 Å². The van der Waals surface area contributed by atoms with Crippen LogP contribution in [0.1, 0.15) is 18.1 Å². The van der Waals surface area contributed by atoms with E-state index in [4.69, 9.17) is 4.74 Å². The highest BCUT2D eigenvalue weighted by Crippen LogP contribution is 2.29. The molecule has 0 bridgehead atoms. The van der Waals surface area contributed by atoms with Gasteiger partial charge in [-0.1, -0.05) is 24.3 Å². The number of ether oxygens (including phenoxy) is 1. The molecule has 1 N–H and O–H groups in total. The lowest BCUT2D eigenvalue weighted by Gasteiger charge is -2.15. The second kappa shape index (κ2) is 10.2. The molecule has 2 aromatic carbocycles. The van der Waals surface area contributed by atoms with Crippen molar-refractivity contribution in [1.82, 2.24) is 10.3 Å². The number of hydrogen-bond acceptors (Lipinski definition) is 6. The summed E-state index contributed by atoms with van der Waals surface area (Å²) in [5.41, 5.74) is 2.52. The minimum absolute atomic E-state index is 0.0853. The minimum atomic E-state index is -3.38. The van der Waals surface area contributed by atoms with E-state index >= 15 is 0 Å². The van der Waals surface area contributed by atoms with Gasteiger partial charge >= 0.3 is 6.09 Å². The smallest absolute Gasteiger partial charge is 0.414 e. The van der Waals surface area contributed by atoms with Gasteiger partial charge < -0.3 is 10.1 Å². The highest BCUT2D eigenvalue weighted by atomic mass is 32.2. The van der Waals surface area contributed by atoms with Gasteiger partial charge in [0.25, 0.3) is 0 Å². The molecule has 1 saturated heterocycles. The molecule has 0 aliphatic carbocycles. The number of hydrogen-bond donors (Lipinski definition) is 1. The summed E-state index contributed by atoms with van der Waals surface area (Å²) < 4.78 is 45.2. The summed E-state index contributed by atoms with van der Waals surface area (Å²) in [5.74, 6) is -0.975. The van der Waals surface area contributed by atoms with E-state index in [1.807, 2.05) is 0 Å². The number of aromatic nitrogens is 1. The van der Waals surface area contributed by atoms with Crippen LogP contribution in [0.3, 0.4) is 0 Å². The number of anilines is 1. The Kier molecular flexibility index (Phi) is 7.11. The van der Waals surface area contributed by atoms with Gasteiger partial charge in [-0.25, -0.2) is 17.6 Å². The lowest BCUT2D eigenvalue weighted by molar-refractivity contribution is -0.119. The SMILES string of the molecule is CC(=O)NC[C@H]1CN(c2ccc(-c3ccc(CS(=O)(=O)Cc4ccncc4)cc3)c(F)c2)C(=O)O1. The number of nitrogens with one attached hydrogen (secondary N) is 1. The molecule has 1 aromatic heterocycles. The van der Waals surface area contributed by atoms with Crippen molar-refractivity contribution < 1.29 is 27.1 Å². The normalized spacial score (nSPS) is 15.7. The Morgan fingerprint density at radius 2 is 1.74 bits per heavy atom. The molecule has 1 aliphatic heterocycles. The third-order valence-electron chi connectivity index (χ3n) is 5.50. The average Bonchev–Trinajstić information content (AvgIpc) is 3.19. The molecule has 182 valence electrons. The standard InChI is InChI=1S/C25H24FN3O5S/c1-17(30)28-13-22-14-29(25(31)34-22)21-6-7-23(24(26)12-21)20-4-2-18(3-5-20)15-35(32,33)16-19-8-10-27-11-9-19/h2-12,22H,13-16H2,1H3,(H,28,30)/t22-/m0/s1.